The maximum absolute atomic E-state index is 12.2. The van der Waals surface area contributed by atoms with Gasteiger partial charge in [-0.2, -0.15) is 0 Å². The van der Waals surface area contributed by atoms with Gasteiger partial charge in [0.25, 0.3) is 10.0 Å². The highest BCUT2D eigenvalue weighted by Crippen LogP contribution is 2.21. The third-order valence-electron chi connectivity index (χ3n) is 3.14. The first-order chi connectivity index (χ1) is 10.4. The molecule has 0 unspecified atom stereocenters. The van der Waals surface area contributed by atoms with E-state index in [1.54, 1.807) is 13.0 Å². The minimum atomic E-state index is -3.97. The van der Waals surface area contributed by atoms with Gasteiger partial charge in [-0.25, -0.2) is 13.1 Å². The number of nitrogens with one attached hydrogen (secondary N) is 1. The van der Waals surface area contributed by atoms with Gasteiger partial charge in [-0.3, -0.25) is 4.79 Å². The number of rotatable bonds is 5. The first-order valence-corrected chi connectivity index (χ1v) is 8.16. The Morgan fingerprint density at radius 3 is 2.55 bits per heavy atom. The van der Waals surface area contributed by atoms with Crippen molar-refractivity contribution >= 4 is 15.9 Å². The van der Waals surface area contributed by atoms with Crippen molar-refractivity contribution in [3.05, 3.63) is 47.4 Å². The van der Waals surface area contributed by atoms with E-state index >= 15 is 0 Å². The van der Waals surface area contributed by atoms with Crippen LogP contribution in [-0.2, 0) is 16.4 Å². The minimum absolute atomic E-state index is 0.0126. The molecule has 22 heavy (non-hydrogen) atoms. The topological polar surface area (TPSA) is 85.6 Å². The van der Waals surface area contributed by atoms with Gasteiger partial charge in [-0.05, 0) is 42.8 Å². The number of hydrogen-bond acceptors (Lipinski definition) is 5. The van der Waals surface area contributed by atoms with Gasteiger partial charge in [0, 0.05) is 6.42 Å². The van der Waals surface area contributed by atoms with E-state index in [0.717, 1.165) is 0 Å². The largest absolute Gasteiger partial charge is 0.496 e. The SMILES string of the molecule is CCc1ccc(C(=O)NS(=O)(=O)c2ccc(OC)c(C)c2)o1. The summed E-state index contributed by atoms with van der Waals surface area (Å²) < 4.78 is 36.8. The Kier molecular flexibility index (Phi) is 4.56. The van der Waals surface area contributed by atoms with Crippen molar-refractivity contribution in [3.8, 4) is 5.75 Å². The second kappa shape index (κ2) is 6.23. The van der Waals surface area contributed by atoms with E-state index in [-0.39, 0.29) is 10.7 Å². The van der Waals surface area contributed by atoms with Crippen LogP contribution in [0.3, 0.4) is 0 Å². The lowest BCUT2D eigenvalue weighted by Crippen LogP contribution is -2.30. The first kappa shape index (κ1) is 16.1. The average molecular weight is 323 g/mol. The number of aryl methyl sites for hydroxylation is 2. The molecule has 1 N–H and O–H groups in total. The van der Waals surface area contributed by atoms with E-state index in [2.05, 4.69) is 0 Å². The highest BCUT2D eigenvalue weighted by Gasteiger charge is 2.21. The minimum Gasteiger partial charge on any atom is -0.496 e. The van der Waals surface area contributed by atoms with Crippen LogP contribution in [0.1, 0.15) is 28.8 Å². The quantitative estimate of drug-likeness (QED) is 0.912. The molecule has 6 nitrogen and oxygen atoms in total. The van der Waals surface area contributed by atoms with Crippen molar-refractivity contribution in [3.63, 3.8) is 0 Å². The number of ether oxygens (including phenoxy) is 1. The summed E-state index contributed by atoms with van der Waals surface area (Å²) in [4.78, 5) is 11.9. The molecule has 7 heteroatoms. The van der Waals surface area contributed by atoms with Crippen molar-refractivity contribution in [2.45, 2.75) is 25.2 Å². The molecule has 1 amide bonds. The number of amides is 1. The van der Waals surface area contributed by atoms with Gasteiger partial charge >= 0.3 is 5.91 Å². The molecule has 0 atom stereocenters. The van der Waals surface area contributed by atoms with Gasteiger partial charge in [-0.15, -0.1) is 0 Å². The average Bonchev–Trinajstić information content (AvgIpc) is 2.95. The predicted molar refractivity (Wildman–Crippen MR) is 80.5 cm³/mol. The van der Waals surface area contributed by atoms with Crippen LogP contribution >= 0.6 is 0 Å². The van der Waals surface area contributed by atoms with Crippen molar-refractivity contribution in [2.75, 3.05) is 7.11 Å². The van der Waals surface area contributed by atoms with Gasteiger partial charge < -0.3 is 9.15 Å². The van der Waals surface area contributed by atoms with Crippen LogP contribution < -0.4 is 9.46 Å². The van der Waals surface area contributed by atoms with E-state index in [1.165, 1.54) is 31.4 Å². The number of benzene rings is 1. The molecule has 0 radical (unpaired) electrons. The van der Waals surface area contributed by atoms with E-state index in [0.29, 0.717) is 23.5 Å². The summed E-state index contributed by atoms with van der Waals surface area (Å²) >= 11 is 0. The van der Waals surface area contributed by atoms with Crippen molar-refractivity contribution < 1.29 is 22.4 Å². The zero-order valence-corrected chi connectivity index (χ0v) is 13.4. The third kappa shape index (κ3) is 3.30. The molecule has 2 aromatic rings. The number of sulfonamides is 1. The molecule has 0 spiro atoms. The fraction of sp³-hybridized carbons (Fsp3) is 0.267. The van der Waals surface area contributed by atoms with Gasteiger partial charge in [0.1, 0.15) is 11.5 Å². The Morgan fingerprint density at radius 1 is 1.27 bits per heavy atom. The highest BCUT2D eigenvalue weighted by molar-refractivity contribution is 7.90. The highest BCUT2D eigenvalue weighted by atomic mass is 32.2. The van der Waals surface area contributed by atoms with E-state index in [4.69, 9.17) is 9.15 Å². The monoisotopic (exact) mass is 323 g/mol. The predicted octanol–water partition coefficient (Wildman–Crippen LogP) is 2.28. The van der Waals surface area contributed by atoms with Gasteiger partial charge in [-0.1, -0.05) is 6.92 Å². The van der Waals surface area contributed by atoms with E-state index < -0.39 is 15.9 Å². The number of methoxy groups -OCH3 is 1. The van der Waals surface area contributed by atoms with Crippen LogP contribution in [-0.4, -0.2) is 21.4 Å². The second-order valence-corrected chi connectivity index (χ2v) is 6.37. The van der Waals surface area contributed by atoms with E-state index in [9.17, 15) is 13.2 Å². The number of hydrogen-bond donors (Lipinski definition) is 1. The van der Waals surface area contributed by atoms with Gasteiger partial charge in [0.05, 0.1) is 12.0 Å². The number of carbonyl (C=O) groups excluding carboxylic acids is 1. The Morgan fingerprint density at radius 2 is 2.00 bits per heavy atom. The molecule has 1 heterocycles. The molecule has 0 saturated carbocycles. The fourth-order valence-electron chi connectivity index (χ4n) is 1.94. The molecule has 118 valence electrons. The van der Waals surface area contributed by atoms with E-state index in [1.807, 2.05) is 11.6 Å². The lowest BCUT2D eigenvalue weighted by atomic mass is 10.2. The summed E-state index contributed by atoms with van der Waals surface area (Å²) in [6, 6.07) is 7.44. The zero-order chi connectivity index (χ0) is 16.3. The van der Waals surface area contributed by atoms with Gasteiger partial charge in [0.2, 0.25) is 0 Å². The standard InChI is InChI=1S/C15H17NO5S/c1-4-11-5-7-14(21-11)15(17)16-22(18,19)12-6-8-13(20-3)10(2)9-12/h5-9H,4H2,1-3H3,(H,16,17). The molecule has 0 saturated heterocycles. The Bertz CT molecular complexity index is 792. The smallest absolute Gasteiger partial charge is 0.300 e. The van der Waals surface area contributed by atoms with Crippen LogP contribution in [0.25, 0.3) is 0 Å². The molecule has 0 bridgehead atoms. The normalized spacial score (nSPS) is 11.2. The summed E-state index contributed by atoms with van der Waals surface area (Å²) in [5.74, 6) is 0.352. The van der Waals surface area contributed by atoms with Crippen LogP contribution in [0.4, 0.5) is 0 Å². The van der Waals surface area contributed by atoms with Crippen LogP contribution in [0, 0.1) is 6.92 Å². The summed E-state index contributed by atoms with van der Waals surface area (Å²) in [5, 5.41) is 0. The van der Waals surface area contributed by atoms with Crippen molar-refractivity contribution in [2.24, 2.45) is 0 Å². The summed E-state index contributed by atoms with van der Waals surface area (Å²) in [7, 11) is -2.47. The van der Waals surface area contributed by atoms with Crippen LogP contribution in [0.5, 0.6) is 5.75 Å². The molecular weight excluding hydrogens is 306 g/mol. The third-order valence-corrected chi connectivity index (χ3v) is 4.47. The first-order valence-electron chi connectivity index (χ1n) is 6.68. The molecule has 0 fully saturated rings. The summed E-state index contributed by atoms with van der Waals surface area (Å²) in [6.07, 6.45) is 0.623. The maximum atomic E-state index is 12.2. The second-order valence-electron chi connectivity index (χ2n) is 4.69. The fourth-order valence-corrected chi connectivity index (χ4v) is 2.98. The summed E-state index contributed by atoms with van der Waals surface area (Å²) in [6.45, 7) is 3.59. The van der Waals surface area contributed by atoms with Crippen LogP contribution in [0.15, 0.2) is 39.6 Å². The van der Waals surface area contributed by atoms with Crippen molar-refractivity contribution in [1.82, 2.24) is 4.72 Å². The zero-order valence-electron chi connectivity index (χ0n) is 12.5. The number of furan rings is 1. The summed E-state index contributed by atoms with van der Waals surface area (Å²) in [5.41, 5.74) is 0.657. The molecule has 1 aromatic carbocycles. The lowest BCUT2D eigenvalue weighted by molar-refractivity contribution is 0.0953. The molecule has 1 aromatic heterocycles. The lowest BCUT2D eigenvalue weighted by Gasteiger charge is -2.09. The molecule has 0 aliphatic rings. The molecule has 0 aliphatic carbocycles. The van der Waals surface area contributed by atoms with Crippen molar-refractivity contribution in [1.29, 1.82) is 0 Å². The van der Waals surface area contributed by atoms with Gasteiger partial charge in [0.15, 0.2) is 5.76 Å². The molecular formula is C15H17NO5S. The number of carbonyl (C=O) groups is 1. The Hall–Kier alpha value is -2.28. The Labute approximate surface area is 129 Å². The molecule has 2 rings (SSSR count). The molecule has 0 aliphatic heterocycles. The van der Waals surface area contributed by atoms with Crippen LogP contribution in [0.2, 0.25) is 0 Å². The maximum Gasteiger partial charge on any atom is 0.300 e. The Balaban J connectivity index is 2.23.